The van der Waals surface area contributed by atoms with Gasteiger partial charge in [-0.15, -0.1) is 6.58 Å². The SMILES string of the molecule is C=CCn1c(=O)cc(O)c2ccc(C)cc21. The third-order valence-electron chi connectivity index (χ3n) is 2.56. The van der Waals surface area contributed by atoms with Crippen LogP contribution in [0.3, 0.4) is 0 Å². The average Bonchev–Trinajstić information content (AvgIpc) is 2.23. The number of fused-ring (bicyclic) bond motifs is 1. The van der Waals surface area contributed by atoms with Gasteiger partial charge in [-0.3, -0.25) is 4.79 Å². The summed E-state index contributed by atoms with van der Waals surface area (Å²) in [7, 11) is 0. The van der Waals surface area contributed by atoms with Crippen molar-refractivity contribution in [3.8, 4) is 5.75 Å². The second-order valence-electron chi connectivity index (χ2n) is 3.79. The van der Waals surface area contributed by atoms with Gasteiger partial charge in [-0.2, -0.15) is 0 Å². The lowest BCUT2D eigenvalue weighted by Crippen LogP contribution is -2.18. The van der Waals surface area contributed by atoms with Gasteiger partial charge in [-0.25, -0.2) is 0 Å². The molecule has 0 unspecified atom stereocenters. The Morgan fingerprint density at radius 3 is 2.88 bits per heavy atom. The number of allylic oxidation sites excluding steroid dienone is 1. The van der Waals surface area contributed by atoms with Gasteiger partial charge >= 0.3 is 0 Å². The minimum Gasteiger partial charge on any atom is -0.507 e. The highest BCUT2D eigenvalue weighted by atomic mass is 16.3. The molecule has 0 aliphatic rings. The van der Waals surface area contributed by atoms with Crippen LogP contribution < -0.4 is 5.56 Å². The van der Waals surface area contributed by atoms with Crippen molar-refractivity contribution in [2.24, 2.45) is 0 Å². The van der Waals surface area contributed by atoms with Crippen LogP contribution in [0, 0.1) is 6.92 Å². The van der Waals surface area contributed by atoms with Crippen LogP contribution in [0.1, 0.15) is 5.56 Å². The number of rotatable bonds is 2. The van der Waals surface area contributed by atoms with Gasteiger partial charge in [0.05, 0.1) is 5.52 Å². The fourth-order valence-electron chi connectivity index (χ4n) is 1.79. The Labute approximate surface area is 93.3 Å². The van der Waals surface area contributed by atoms with Crippen molar-refractivity contribution in [1.29, 1.82) is 0 Å². The standard InChI is InChI=1S/C13H13NO2/c1-3-6-14-11-7-9(2)4-5-10(11)12(15)8-13(14)16/h3-5,7-8,15H,1,6H2,2H3. The predicted octanol–water partition coefficient (Wildman–Crippen LogP) is 2.20. The van der Waals surface area contributed by atoms with E-state index in [0.29, 0.717) is 11.9 Å². The van der Waals surface area contributed by atoms with Crippen molar-refractivity contribution >= 4 is 10.9 Å². The quantitative estimate of drug-likeness (QED) is 0.780. The molecule has 0 amide bonds. The van der Waals surface area contributed by atoms with Crippen LogP contribution in [0.15, 0.2) is 41.7 Å². The number of aryl methyl sites for hydroxylation is 1. The summed E-state index contributed by atoms with van der Waals surface area (Å²) in [5, 5.41) is 10.4. The van der Waals surface area contributed by atoms with Gasteiger partial charge in [-0.1, -0.05) is 12.1 Å². The number of aromatic hydroxyl groups is 1. The topological polar surface area (TPSA) is 42.2 Å². The highest BCUT2D eigenvalue weighted by Crippen LogP contribution is 2.23. The molecule has 0 aliphatic carbocycles. The van der Waals surface area contributed by atoms with E-state index in [9.17, 15) is 9.90 Å². The number of hydrogen-bond donors (Lipinski definition) is 1. The van der Waals surface area contributed by atoms with Gasteiger partial charge in [-0.05, 0) is 24.6 Å². The van der Waals surface area contributed by atoms with E-state index < -0.39 is 0 Å². The maximum Gasteiger partial charge on any atom is 0.255 e. The predicted molar refractivity (Wildman–Crippen MR) is 64.8 cm³/mol. The van der Waals surface area contributed by atoms with Crippen LogP contribution in [0.25, 0.3) is 10.9 Å². The maximum atomic E-state index is 11.7. The van der Waals surface area contributed by atoms with E-state index in [1.54, 1.807) is 10.6 Å². The number of benzene rings is 1. The van der Waals surface area contributed by atoms with Crippen molar-refractivity contribution in [2.45, 2.75) is 13.5 Å². The summed E-state index contributed by atoms with van der Waals surface area (Å²) in [4.78, 5) is 11.7. The Hall–Kier alpha value is -2.03. The molecule has 3 nitrogen and oxygen atoms in total. The summed E-state index contributed by atoms with van der Waals surface area (Å²) in [6.45, 7) is 6.02. The Balaban J connectivity index is 2.91. The van der Waals surface area contributed by atoms with E-state index in [-0.39, 0.29) is 11.3 Å². The lowest BCUT2D eigenvalue weighted by molar-refractivity contribution is 0.479. The number of nitrogens with zero attached hydrogens (tertiary/aromatic N) is 1. The summed E-state index contributed by atoms with van der Waals surface area (Å²) in [5.74, 6) is 0.0281. The molecule has 0 bridgehead atoms. The first-order chi connectivity index (χ1) is 7.63. The second-order valence-corrected chi connectivity index (χ2v) is 3.79. The van der Waals surface area contributed by atoms with Gasteiger partial charge in [0, 0.05) is 18.0 Å². The molecule has 0 radical (unpaired) electrons. The molecule has 0 aliphatic heterocycles. The fraction of sp³-hybridized carbons (Fsp3) is 0.154. The van der Waals surface area contributed by atoms with E-state index in [2.05, 4.69) is 6.58 Å². The lowest BCUT2D eigenvalue weighted by Gasteiger charge is -2.09. The van der Waals surface area contributed by atoms with E-state index in [1.165, 1.54) is 6.07 Å². The van der Waals surface area contributed by atoms with Crippen LogP contribution in [0.2, 0.25) is 0 Å². The normalized spacial score (nSPS) is 10.6. The highest BCUT2D eigenvalue weighted by Gasteiger charge is 2.06. The van der Waals surface area contributed by atoms with E-state index in [0.717, 1.165) is 11.1 Å². The first-order valence-corrected chi connectivity index (χ1v) is 5.07. The van der Waals surface area contributed by atoms with Gasteiger partial charge < -0.3 is 9.67 Å². The highest BCUT2D eigenvalue weighted by molar-refractivity contribution is 5.85. The second kappa shape index (κ2) is 3.85. The monoisotopic (exact) mass is 215 g/mol. The van der Waals surface area contributed by atoms with E-state index >= 15 is 0 Å². The third-order valence-corrected chi connectivity index (χ3v) is 2.56. The third kappa shape index (κ3) is 1.60. The molecule has 0 atom stereocenters. The average molecular weight is 215 g/mol. The van der Waals surface area contributed by atoms with Crippen LogP contribution in [0.5, 0.6) is 5.75 Å². The van der Waals surface area contributed by atoms with Gasteiger partial charge in [0.25, 0.3) is 5.56 Å². The minimum absolute atomic E-state index is 0.0281. The van der Waals surface area contributed by atoms with Gasteiger partial charge in [0.15, 0.2) is 0 Å². The van der Waals surface area contributed by atoms with Crippen molar-refractivity contribution in [3.63, 3.8) is 0 Å². The van der Waals surface area contributed by atoms with Crippen LogP contribution in [-0.2, 0) is 6.54 Å². The molecular formula is C13H13NO2. The molecule has 1 aromatic carbocycles. The molecule has 1 heterocycles. The first kappa shape index (κ1) is 10.5. The molecule has 3 heteroatoms. The summed E-state index contributed by atoms with van der Waals surface area (Å²) >= 11 is 0. The molecule has 0 saturated carbocycles. The van der Waals surface area contributed by atoms with Crippen molar-refractivity contribution in [1.82, 2.24) is 4.57 Å². The number of pyridine rings is 1. The Morgan fingerprint density at radius 2 is 2.19 bits per heavy atom. The summed E-state index contributed by atoms with van der Waals surface area (Å²) in [5.41, 5.74) is 1.58. The minimum atomic E-state index is -0.212. The van der Waals surface area contributed by atoms with E-state index in [1.807, 2.05) is 25.1 Å². The molecule has 0 spiro atoms. The Morgan fingerprint density at radius 1 is 1.44 bits per heavy atom. The summed E-state index contributed by atoms with van der Waals surface area (Å²) in [6, 6.07) is 6.85. The zero-order chi connectivity index (χ0) is 11.7. The van der Waals surface area contributed by atoms with Crippen LogP contribution in [0.4, 0.5) is 0 Å². The summed E-state index contributed by atoms with van der Waals surface area (Å²) in [6.07, 6.45) is 1.67. The number of hydrogen-bond acceptors (Lipinski definition) is 2. The number of aromatic nitrogens is 1. The Kier molecular flexibility index (Phi) is 2.52. The maximum absolute atomic E-state index is 11.7. The zero-order valence-corrected chi connectivity index (χ0v) is 9.10. The van der Waals surface area contributed by atoms with Crippen molar-refractivity contribution in [2.75, 3.05) is 0 Å². The molecule has 0 fully saturated rings. The van der Waals surface area contributed by atoms with Crippen molar-refractivity contribution < 1.29 is 5.11 Å². The van der Waals surface area contributed by atoms with Crippen molar-refractivity contribution in [3.05, 3.63) is 52.8 Å². The van der Waals surface area contributed by atoms with E-state index in [4.69, 9.17) is 0 Å². The van der Waals surface area contributed by atoms with Gasteiger partial charge in [0.1, 0.15) is 5.75 Å². The smallest absolute Gasteiger partial charge is 0.255 e. The first-order valence-electron chi connectivity index (χ1n) is 5.07. The van der Waals surface area contributed by atoms with Crippen LogP contribution >= 0.6 is 0 Å². The lowest BCUT2D eigenvalue weighted by atomic mass is 10.1. The molecule has 2 rings (SSSR count). The van der Waals surface area contributed by atoms with Gasteiger partial charge in [0.2, 0.25) is 0 Å². The molecule has 1 aromatic heterocycles. The fourth-order valence-corrected chi connectivity index (χ4v) is 1.79. The Bertz CT molecular complexity index is 611. The molecular weight excluding hydrogens is 202 g/mol. The molecule has 1 N–H and O–H groups in total. The molecule has 82 valence electrons. The largest absolute Gasteiger partial charge is 0.507 e. The molecule has 0 saturated heterocycles. The van der Waals surface area contributed by atoms with Crippen LogP contribution in [-0.4, -0.2) is 9.67 Å². The zero-order valence-electron chi connectivity index (χ0n) is 9.10. The molecule has 2 aromatic rings. The molecule has 16 heavy (non-hydrogen) atoms. The summed E-state index contributed by atoms with van der Waals surface area (Å²) < 4.78 is 1.59.